The summed E-state index contributed by atoms with van der Waals surface area (Å²) in [6, 6.07) is 5.36. The Balaban J connectivity index is 2.88. The van der Waals surface area contributed by atoms with Gasteiger partial charge in [-0.3, -0.25) is 10.1 Å². The van der Waals surface area contributed by atoms with Gasteiger partial charge in [0.25, 0.3) is 0 Å². The van der Waals surface area contributed by atoms with Crippen LogP contribution in [0.25, 0.3) is 0 Å². The highest BCUT2D eigenvalue weighted by molar-refractivity contribution is 5.97. The normalized spacial score (nSPS) is 10.8. The van der Waals surface area contributed by atoms with Crippen LogP contribution in [-0.2, 0) is 9.53 Å². The molecule has 0 aliphatic rings. The number of benzene rings is 1. The maximum atomic E-state index is 11.7. The minimum Gasteiger partial charge on any atom is -0.444 e. The number of aryl methyl sites for hydroxylation is 1. The number of rotatable bonds is 2. The summed E-state index contributed by atoms with van der Waals surface area (Å²) in [4.78, 5) is 22.8. The van der Waals surface area contributed by atoms with Crippen LogP contribution in [0.3, 0.4) is 0 Å². The minimum atomic E-state index is -0.567. The van der Waals surface area contributed by atoms with E-state index in [-0.39, 0.29) is 5.91 Å². The number of carbonyl (C=O) groups is 2. The first-order valence-corrected chi connectivity index (χ1v) is 6.05. The molecule has 0 heterocycles. The fraction of sp³-hybridized carbons (Fsp3) is 0.429. The van der Waals surface area contributed by atoms with Crippen LogP contribution in [-0.4, -0.2) is 17.6 Å². The van der Waals surface area contributed by atoms with Gasteiger partial charge in [-0.05, 0) is 45.4 Å². The van der Waals surface area contributed by atoms with Crippen molar-refractivity contribution in [2.24, 2.45) is 0 Å². The van der Waals surface area contributed by atoms with Crippen molar-refractivity contribution in [1.82, 2.24) is 0 Å². The van der Waals surface area contributed by atoms with E-state index >= 15 is 0 Å². The third-order valence-electron chi connectivity index (χ3n) is 2.12. The number of ether oxygens (including phenoxy) is 1. The molecule has 5 heteroatoms. The van der Waals surface area contributed by atoms with Crippen LogP contribution >= 0.6 is 0 Å². The third-order valence-corrected chi connectivity index (χ3v) is 2.12. The van der Waals surface area contributed by atoms with Gasteiger partial charge in [0.1, 0.15) is 5.60 Å². The maximum Gasteiger partial charge on any atom is 0.412 e. The molecule has 1 aromatic rings. The van der Waals surface area contributed by atoms with Gasteiger partial charge in [0.2, 0.25) is 5.91 Å². The molecule has 5 nitrogen and oxygen atoms in total. The summed E-state index contributed by atoms with van der Waals surface area (Å²) in [5, 5.41) is 5.30. The lowest BCUT2D eigenvalue weighted by atomic mass is 10.2. The Bertz CT molecular complexity index is 490. The SMILES string of the molecule is CC(=O)Nc1cc(C)ccc1NC(=O)OC(C)(C)C. The summed E-state index contributed by atoms with van der Waals surface area (Å²) in [5.41, 5.74) is 1.48. The molecule has 2 N–H and O–H groups in total. The molecule has 0 aromatic heterocycles. The van der Waals surface area contributed by atoms with Crippen LogP contribution in [0.4, 0.5) is 16.2 Å². The van der Waals surface area contributed by atoms with Gasteiger partial charge in [0.15, 0.2) is 0 Å². The molecule has 0 saturated heterocycles. The van der Waals surface area contributed by atoms with Crippen molar-refractivity contribution in [1.29, 1.82) is 0 Å². The number of carbonyl (C=O) groups excluding carboxylic acids is 2. The van der Waals surface area contributed by atoms with Crippen molar-refractivity contribution in [3.63, 3.8) is 0 Å². The van der Waals surface area contributed by atoms with Gasteiger partial charge in [-0.25, -0.2) is 4.79 Å². The van der Waals surface area contributed by atoms with E-state index < -0.39 is 11.7 Å². The average Bonchev–Trinajstić information content (AvgIpc) is 2.18. The van der Waals surface area contributed by atoms with Crippen LogP contribution in [0.15, 0.2) is 18.2 Å². The molecule has 0 spiro atoms. The monoisotopic (exact) mass is 264 g/mol. The molecule has 0 fully saturated rings. The van der Waals surface area contributed by atoms with Crippen molar-refractivity contribution in [3.05, 3.63) is 23.8 Å². The van der Waals surface area contributed by atoms with Crippen molar-refractivity contribution in [3.8, 4) is 0 Å². The van der Waals surface area contributed by atoms with E-state index in [1.54, 1.807) is 32.9 Å². The number of amides is 2. The van der Waals surface area contributed by atoms with Crippen LogP contribution in [0.1, 0.15) is 33.3 Å². The molecule has 0 bridgehead atoms. The maximum absolute atomic E-state index is 11.7. The Labute approximate surface area is 113 Å². The van der Waals surface area contributed by atoms with Gasteiger partial charge in [0, 0.05) is 6.92 Å². The summed E-state index contributed by atoms with van der Waals surface area (Å²) in [6.07, 6.45) is -0.553. The van der Waals surface area contributed by atoms with Gasteiger partial charge in [-0.1, -0.05) is 6.07 Å². The van der Waals surface area contributed by atoms with Crippen LogP contribution in [0, 0.1) is 6.92 Å². The zero-order valence-corrected chi connectivity index (χ0v) is 12.0. The number of nitrogens with one attached hydrogen (secondary N) is 2. The predicted octanol–water partition coefficient (Wildman–Crippen LogP) is 3.30. The second-order valence-corrected chi connectivity index (χ2v) is 5.36. The van der Waals surface area contributed by atoms with Crippen molar-refractivity contribution in [2.75, 3.05) is 10.6 Å². The first-order chi connectivity index (χ1) is 8.67. The predicted molar refractivity (Wildman–Crippen MR) is 75.3 cm³/mol. The summed E-state index contributed by atoms with van der Waals surface area (Å²) in [5.74, 6) is -0.196. The zero-order chi connectivity index (χ0) is 14.6. The molecular formula is C14H20N2O3. The lowest BCUT2D eigenvalue weighted by Crippen LogP contribution is -2.27. The molecule has 0 atom stereocenters. The average molecular weight is 264 g/mol. The molecule has 0 saturated carbocycles. The minimum absolute atomic E-state index is 0.196. The molecule has 0 radical (unpaired) electrons. The highest BCUT2D eigenvalue weighted by Gasteiger charge is 2.17. The topological polar surface area (TPSA) is 67.4 Å². The van der Waals surface area contributed by atoms with Gasteiger partial charge in [0.05, 0.1) is 11.4 Å². The standard InChI is InChI=1S/C14H20N2O3/c1-9-6-7-11(12(8-9)15-10(2)17)16-13(18)19-14(3,4)5/h6-8H,1-5H3,(H,15,17)(H,16,18). The summed E-state index contributed by atoms with van der Waals surface area (Å²) < 4.78 is 5.17. The molecule has 0 unspecified atom stereocenters. The smallest absolute Gasteiger partial charge is 0.412 e. The zero-order valence-electron chi connectivity index (χ0n) is 12.0. The molecule has 104 valence electrons. The fourth-order valence-corrected chi connectivity index (χ4v) is 1.47. The lowest BCUT2D eigenvalue weighted by molar-refractivity contribution is -0.114. The van der Waals surface area contributed by atoms with E-state index in [0.717, 1.165) is 5.56 Å². The van der Waals surface area contributed by atoms with Crippen molar-refractivity contribution >= 4 is 23.4 Å². The van der Waals surface area contributed by atoms with E-state index in [9.17, 15) is 9.59 Å². The van der Waals surface area contributed by atoms with Crippen LogP contribution in [0.2, 0.25) is 0 Å². The van der Waals surface area contributed by atoms with E-state index in [4.69, 9.17) is 4.74 Å². The van der Waals surface area contributed by atoms with Gasteiger partial charge < -0.3 is 10.1 Å². The van der Waals surface area contributed by atoms with Crippen molar-refractivity contribution in [2.45, 2.75) is 40.2 Å². The number of hydrogen-bond donors (Lipinski definition) is 2. The molecule has 19 heavy (non-hydrogen) atoms. The molecule has 1 rings (SSSR count). The summed E-state index contributed by atoms with van der Waals surface area (Å²) in [7, 11) is 0. The van der Waals surface area contributed by atoms with E-state index in [1.807, 2.05) is 13.0 Å². The third kappa shape index (κ3) is 5.42. The first-order valence-electron chi connectivity index (χ1n) is 6.05. The molecule has 2 amide bonds. The van der Waals surface area contributed by atoms with E-state index in [0.29, 0.717) is 11.4 Å². The highest BCUT2D eigenvalue weighted by atomic mass is 16.6. The Morgan fingerprint density at radius 1 is 1.11 bits per heavy atom. The Kier molecular flexibility index (Phi) is 4.53. The van der Waals surface area contributed by atoms with Crippen LogP contribution < -0.4 is 10.6 Å². The molecule has 0 aliphatic heterocycles. The van der Waals surface area contributed by atoms with Crippen LogP contribution in [0.5, 0.6) is 0 Å². The summed E-state index contributed by atoms with van der Waals surface area (Å²) in [6.45, 7) is 8.69. The first kappa shape index (κ1) is 15.0. The Morgan fingerprint density at radius 3 is 2.26 bits per heavy atom. The Hall–Kier alpha value is -2.04. The quantitative estimate of drug-likeness (QED) is 0.861. The Morgan fingerprint density at radius 2 is 1.74 bits per heavy atom. The van der Waals surface area contributed by atoms with Crippen molar-refractivity contribution < 1.29 is 14.3 Å². The van der Waals surface area contributed by atoms with Gasteiger partial charge >= 0.3 is 6.09 Å². The summed E-state index contributed by atoms with van der Waals surface area (Å²) >= 11 is 0. The number of hydrogen-bond acceptors (Lipinski definition) is 3. The molecule has 0 aliphatic carbocycles. The fourth-order valence-electron chi connectivity index (χ4n) is 1.47. The lowest BCUT2D eigenvalue weighted by Gasteiger charge is -2.20. The number of anilines is 2. The molecule has 1 aromatic carbocycles. The largest absolute Gasteiger partial charge is 0.444 e. The van der Waals surface area contributed by atoms with Gasteiger partial charge in [-0.2, -0.15) is 0 Å². The second-order valence-electron chi connectivity index (χ2n) is 5.36. The molecular weight excluding hydrogens is 244 g/mol. The highest BCUT2D eigenvalue weighted by Crippen LogP contribution is 2.23. The van der Waals surface area contributed by atoms with Gasteiger partial charge in [-0.15, -0.1) is 0 Å². The van der Waals surface area contributed by atoms with E-state index in [2.05, 4.69) is 10.6 Å². The second kappa shape index (κ2) is 5.73. The van der Waals surface area contributed by atoms with E-state index in [1.165, 1.54) is 6.92 Å².